The first-order chi connectivity index (χ1) is 13.1. The molecule has 144 valence electrons. The normalized spacial score (nSPS) is 15.5. The first kappa shape index (κ1) is 20.1. The number of piperidine rings is 1. The van der Waals surface area contributed by atoms with Crippen LogP contribution in [0.5, 0.6) is 5.75 Å². The summed E-state index contributed by atoms with van der Waals surface area (Å²) in [6.45, 7) is 5.66. The lowest BCUT2D eigenvalue weighted by Crippen LogP contribution is -2.33. The Morgan fingerprint density at radius 3 is 2.52 bits per heavy atom. The third-order valence-corrected chi connectivity index (χ3v) is 5.88. The van der Waals surface area contributed by atoms with Gasteiger partial charge in [0, 0.05) is 14.8 Å². The maximum absolute atomic E-state index is 12.5. The minimum atomic E-state index is -0.0831. The molecule has 0 aliphatic carbocycles. The van der Waals surface area contributed by atoms with Gasteiger partial charge in [-0.1, -0.05) is 6.92 Å². The fourth-order valence-electron chi connectivity index (χ4n) is 3.72. The molecule has 2 aromatic rings. The number of methoxy groups -OCH3 is 1. The molecular formula is C22H27IN2O2. The Labute approximate surface area is 175 Å². The smallest absolute Gasteiger partial charge is 0.255 e. The summed E-state index contributed by atoms with van der Waals surface area (Å²) in [5, 5.41) is 3.03. The Bertz CT molecular complexity index is 768. The van der Waals surface area contributed by atoms with Crippen molar-refractivity contribution in [1.82, 2.24) is 4.90 Å². The molecule has 0 radical (unpaired) electrons. The van der Waals surface area contributed by atoms with Gasteiger partial charge in [0.25, 0.3) is 5.91 Å². The van der Waals surface area contributed by atoms with Crippen LogP contribution in [0.15, 0.2) is 42.5 Å². The van der Waals surface area contributed by atoms with E-state index in [0.29, 0.717) is 11.5 Å². The number of amides is 1. The molecule has 0 unspecified atom stereocenters. The number of anilines is 1. The third-order valence-electron chi connectivity index (χ3n) is 5.16. The lowest BCUT2D eigenvalue weighted by molar-refractivity contribution is 0.102. The summed E-state index contributed by atoms with van der Waals surface area (Å²) in [6, 6.07) is 13.6. The van der Waals surface area contributed by atoms with Crippen LogP contribution in [-0.4, -0.2) is 37.6 Å². The molecule has 1 fully saturated rings. The molecule has 1 heterocycles. The van der Waals surface area contributed by atoms with E-state index in [-0.39, 0.29) is 5.91 Å². The van der Waals surface area contributed by atoms with E-state index in [4.69, 9.17) is 4.74 Å². The molecule has 1 aliphatic heterocycles. The van der Waals surface area contributed by atoms with Crippen LogP contribution in [0.1, 0.15) is 48.0 Å². The fourth-order valence-corrected chi connectivity index (χ4v) is 4.08. The molecular weight excluding hydrogens is 451 g/mol. The van der Waals surface area contributed by atoms with Gasteiger partial charge in [0.15, 0.2) is 0 Å². The Kier molecular flexibility index (Phi) is 7.13. The summed E-state index contributed by atoms with van der Waals surface area (Å²) >= 11 is 2.24. The molecule has 1 aliphatic rings. The largest absolute Gasteiger partial charge is 0.496 e. The molecule has 0 bridgehead atoms. The molecule has 0 aromatic heterocycles. The lowest BCUT2D eigenvalue weighted by atomic mass is 9.88. The average Bonchev–Trinajstić information content (AvgIpc) is 2.69. The predicted molar refractivity (Wildman–Crippen MR) is 119 cm³/mol. The number of halogens is 1. The number of nitrogens with zero attached hydrogens (tertiary/aromatic N) is 1. The summed E-state index contributed by atoms with van der Waals surface area (Å²) in [6.07, 6.45) is 3.46. The van der Waals surface area contributed by atoms with Crippen LogP contribution in [-0.2, 0) is 0 Å². The highest BCUT2D eigenvalue weighted by molar-refractivity contribution is 14.1. The zero-order chi connectivity index (χ0) is 19.2. The van der Waals surface area contributed by atoms with E-state index >= 15 is 0 Å². The third kappa shape index (κ3) is 5.23. The maximum atomic E-state index is 12.5. The Morgan fingerprint density at radius 2 is 1.89 bits per heavy atom. The van der Waals surface area contributed by atoms with Gasteiger partial charge in [-0.05, 0) is 115 Å². The van der Waals surface area contributed by atoms with Crippen molar-refractivity contribution >= 4 is 34.2 Å². The lowest BCUT2D eigenvalue weighted by Gasteiger charge is -2.32. The molecule has 2 aromatic carbocycles. The number of carbonyl (C=O) groups is 1. The van der Waals surface area contributed by atoms with Crippen molar-refractivity contribution in [3.05, 3.63) is 57.2 Å². The number of hydrogen-bond acceptors (Lipinski definition) is 3. The average molecular weight is 478 g/mol. The van der Waals surface area contributed by atoms with Crippen molar-refractivity contribution in [2.75, 3.05) is 32.1 Å². The van der Waals surface area contributed by atoms with Gasteiger partial charge in [0.1, 0.15) is 5.75 Å². The van der Waals surface area contributed by atoms with Crippen LogP contribution in [0.4, 0.5) is 5.69 Å². The highest BCUT2D eigenvalue weighted by Gasteiger charge is 2.23. The van der Waals surface area contributed by atoms with Gasteiger partial charge in [0.2, 0.25) is 0 Å². The second kappa shape index (κ2) is 9.55. The van der Waals surface area contributed by atoms with Crippen LogP contribution >= 0.6 is 22.6 Å². The molecule has 1 saturated heterocycles. The van der Waals surface area contributed by atoms with E-state index in [1.165, 1.54) is 18.5 Å². The first-order valence-electron chi connectivity index (χ1n) is 9.58. The van der Waals surface area contributed by atoms with Gasteiger partial charge in [-0.25, -0.2) is 0 Å². The van der Waals surface area contributed by atoms with Crippen molar-refractivity contribution in [3.63, 3.8) is 0 Å². The van der Waals surface area contributed by atoms with Gasteiger partial charge in [-0.15, -0.1) is 0 Å². The summed E-state index contributed by atoms with van der Waals surface area (Å²) in [7, 11) is 1.72. The summed E-state index contributed by atoms with van der Waals surface area (Å²) in [5.41, 5.74) is 2.69. The van der Waals surface area contributed by atoms with E-state index in [1.54, 1.807) is 7.11 Å². The Hall–Kier alpha value is -1.60. The van der Waals surface area contributed by atoms with E-state index in [2.05, 4.69) is 45.8 Å². The summed E-state index contributed by atoms with van der Waals surface area (Å²) in [4.78, 5) is 15.1. The minimum Gasteiger partial charge on any atom is -0.496 e. The van der Waals surface area contributed by atoms with E-state index < -0.39 is 0 Å². The topological polar surface area (TPSA) is 41.6 Å². The van der Waals surface area contributed by atoms with Crippen LogP contribution < -0.4 is 10.1 Å². The minimum absolute atomic E-state index is 0.0831. The summed E-state index contributed by atoms with van der Waals surface area (Å²) in [5.74, 6) is 1.31. The van der Waals surface area contributed by atoms with Crippen molar-refractivity contribution in [1.29, 1.82) is 0 Å². The highest BCUT2D eigenvalue weighted by atomic mass is 127. The quantitative estimate of drug-likeness (QED) is 0.585. The van der Waals surface area contributed by atoms with Gasteiger partial charge >= 0.3 is 0 Å². The van der Waals surface area contributed by atoms with Gasteiger partial charge < -0.3 is 15.0 Å². The number of ether oxygens (including phenoxy) is 1. The zero-order valence-corrected chi connectivity index (χ0v) is 18.2. The van der Waals surface area contributed by atoms with Crippen molar-refractivity contribution in [2.45, 2.75) is 32.1 Å². The number of hydrogen-bond donors (Lipinski definition) is 1. The molecule has 5 heteroatoms. The molecule has 0 spiro atoms. The Balaban J connectivity index is 1.73. The second-order valence-electron chi connectivity index (χ2n) is 7.03. The number of benzene rings is 2. The molecule has 0 saturated carbocycles. The van der Waals surface area contributed by atoms with Gasteiger partial charge in [-0.2, -0.15) is 0 Å². The monoisotopic (exact) mass is 478 g/mol. The van der Waals surface area contributed by atoms with Crippen LogP contribution in [0.25, 0.3) is 0 Å². The van der Waals surface area contributed by atoms with E-state index in [0.717, 1.165) is 40.9 Å². The second-order valence-corrected chi connectivity index (χ2v) is 8.28. The maximum Gasteiger partial charge on any atom is 0.255 e. The molecule has 27 heavy (non-hydrogen) atoms. The van der Waals surface area contributed by atoms with E-state index in [9.17, 15) is 4.79 Å². The van der Waals surface area contributed by atoms with Crippen molar-refractivity contribution < 1.29 is 9.53 Å². The van der Waals surface area contributed by atoms with E-state index in [1.807, 2.05) is 36.4 Å². The number of rotatable bonds is 6. The van der Waals surface area contributed by atoms with Crippen LogP contribution in [0, 0.1) is 3.57 Å². The summed E-state index contributed by atoms with van der Waals surface area (Å²) < 4.78 is 6.72. The molecule has 3 rings (SSSR count). The van der Waals surface area contributed by atoms with Crippen LogP contribution in [0.2, 0.25) is 0 Å². The standard InChI is InChI=1S/C22H27IN2O2/c1-3-12-25-13-10-16(11-14-25)20-15-19(8-9-21(20)27-2)24-22(26)17-4-6-18(23)7-5-17/h4-9,15-16H,3,10-14H2,1-2H3,(H,24,26). The number of nitrogens with one attached hydrogen (secondary N) is 1. The SMILES string of the molecule is CCCN1CCC(c2cc(NC(=O)c3ccc(I)cc3)ccc2OC)CC1. The highest BCUT2D eigenvalue weighted by Crippen LogP contribution is 2.36. The zero-order valence-electron chi connectivity index (χ0n) is 16.0. The van der Waals surface area contributed by atoms with Crippen molar-refractivity contribution in [3.8, 4) is 5.75 Å². The number of likely N-dealkylation sites (tertiary alicyclic amines) is 1. The van der Waals surface area contributed by atoms with Gasteiger partial charge in [0.05, 0.1) is 7.11 Å². The number of carbonyl (C=O) groups excluding carboxylic acids is 1. The molecule has 1 N–H and O–H groups in total. The molecule has 0 atom stereocenters. The van der Waals surface area contributed by atoms with Gasteiger partial charge in [-0.3, -0.25) is 4.79 Å². The molecule has 4 nitrogen and oxygen atoms in total. The fraction of sp³-hybridized carbons (Fsp3) is 0.409. The van der Waals surface area contributed by atoms with Crippen LogP contribution in [0.3, 0.4) is 0 Å². The van der Waals surface area contributed by atoms with Crippen molar-refractivity contribution in [2.24, 2.45) is 0 Å². The Morgan fingerprint density at radius 1 is 1.19 bits per heavy atom. The molecule has 1 amide bonds. The predicted octanol–water partition coefficient (Wildman–Crippen LogP) is 5.14. The first-order valence-corrected chi connectivity index (χ1v) is 10.7.